The van der Waals surface area contributed by atoms with Crippen LogP contribution < -0.4 is 0 Å². The second-order valence-electron chi connectivity index (χ2n) is 3.46. The van der Waals surface area contributed by atoms with E-state index in [2.05, 4.69) is 11.8 Å². The Morgan fingerprint density at radius 1 is 1.00 bits per heavy atom. The van der Waals surface area contributed by atoms with E-state index in [4.69, 9.17) is 0 Å². The molecule has 0 saturated carbocycles. The van der Waals surface area contributed by atoms with Gasteiger partial charge in [0.1, 0.15) is 0 Å². The minimum atomic E-state index is 1.11. The van der Waals surface area contributed by atoms with Crippen LogP contribution in [0.3, 0.4) is 0 Å². The molecular formula is C10H20N. The van der Waals surface area contributed by atoms with E-state index in [-0.39, 0.29) is 0 Å². The molecule has 0 spiro atoms. The van der Waals surface area contributed by atoms with Crippen molar-refractivity contribution >= 4 is 0 Å². The van der Waals surface area contributed by atoms with Gasteiger partial charge >= 0.3 is 0 Å². The third-order valence-corrected chi connectivity index (χ3v) is 2.42. The fraction of sp³-hybridized carbons (Fsp3) is 0.900. The zero-order valence-electron chi connectivity index (χ0n) is 7.52. The average Bonchev–Trinajstić information content (AvgIpc) is 2.50. The monoisotopic (exact) mass is 154 g/mol. The first-order chi connectivity index (χ1) is 5.43. The number of nitrogens with zero attached hydrogens (tertiary/aromatic N) is 1. The molecule has 0 unspecified atom stereocenters. The molecule has 0 aromatic carbocycles. The van der Waals surface area contributed by atoms with Crippen LogP contribution in [-0.2, 0) is 0 Å². The van der Waals surface area contributed by atoms with Gasteiger partial charge < -0.3 is 4.90 Å². The van der Waals surface area contributed by atoms with Crippen molar-refractivity contribution in [1.82, 2.24) is 4.90 Å². The Hall–Kier alpha value is -0.0400. The first kappa shape index (κ1) is 9.05. The van der Waals surface area contributed by atoms with Crippen LogP contribution in [0.25, 0.3) is 0 Å². The molecule has 1 radical (unpaired) electrons. The van der Waals surface area contributed by atoms with E-state index in [0.717, 1.165) is 6.42 Å². The summed E-state index contributed by atoms with van der Waals surface area (Å²) in [6, 6.07) is 0. The SMILES string of the molecule is [CH2]CCCCCN1CCCC1. The van der Waals surface area contributed by atoms with E-state index in [1.54, 1.807) is 0 Å². The Balaban J connectivity index is 1.86. The van der Waals surface area contributed by atoms with Crippen LogP contribution in [0.2, 0.25) is 0 Å². The molecule has 1 fully saturated rings. The maximum atomic E-state index is 3.84. The lowest BCUT2D eigenvalue weighted by Crippen LogP contribution is -2.20. The highest BCUT2D eigenvalue weighted by Crippen LogP contribution is 2.09. The second-order valence-corrected chi connectivity index (χ2v) is 3.46. The Kier molecular flexibility index (Phi) is 4.60. The number of hydrogen-bond acceptors (Lipinski definition) is 1. The van der Waals surface area contributed by atoms with Gasteiger partial charge in [-0.3, -0.25) is 0 Å². The highest BCUT2D eigenvalue weighted by atomic mass is 15.1. The maximum absolute atomic E-state index is 3.84. The maximum Gasteiger partial charge on any atom is -0.00183 e. The molecule has 1 rings (SSSR count). The van der Waals surface area contributed by atoms with Crippen LogP contribution >= 0.6 is 0 Å². The normalized spacial score (nSPS) is 19.4. The molecule has 11 heavy (non-hydrogen) atoms. The van der Waals surface area contributed by atoms with Crippen molar-refractivity contribution in [1.29, 1.82) is 0 Å². The lowest BCUT2D eigenvalue weighted by Gasteiger charge is -2.13. The van der Waals surface area contributed by atoms with Crippen LogP contribution in [0.5, 0.6) is 0 Å². The molecule has 1 heterocycles. The first-order valence-corrected chi connectivity index (χ1v) is 4.95. The van der Waals surface area contributed by atoms with Crippen molar-refractivity contribution in [2.45, 2.75) is 38.5 Å². The van der Waals surface area contributed by atoms with Crippen LogP contribution in [0, 0.1) is 6.92 Å². The molecule has 1 saturated heterocycles. The summed E-state index contributed by atoms with van der Waals surface area (Å²) >= 11 is 0. The summed E-state index contributed by atoms with van der Waals surface area (Å²) in [5, 5.41) is 0. The molecule has 0 aliphatic carbocycles. The fourth-order valence-electron chi connectivity index (χ4n) is 1.70. The van der Waals surface area contributed by atoms with Crippen molar-refractivity contribution in [2.24, 2.45) is 0 Å². The smallest absolute Gasteiger partial charge is 0.00183 e. The third kappa shape index (κ3) is 3.76. The first-order valence-electron chi connectivity index (χ1n) is 4.95. The Bertz CT molecular complexity index is 84.9. The third-order valence-electron chi connectivity index (χ3n) is 2.42. The Labute approximate surface area is 70.8 Å². The standard InChI is InChI=1S/C10H20N/c1-2-3-4-5-8-11-9-6-7-10-11/h1-10H2. The molecule has 0 atom stereocenters. The van der Waals surface area contributed by atoms with Gasteiger partial charge in [-0.25, -0.2) is 0 Å². The van der Waals surface area contributed by atoms with Gasteiger partial charge in [0.05, 0.1) is 0 Å². The van der Waals surface area contributed by atoms with E-state index < -0.39 is 0 Å². The van der Waals surface area contributed by atoms with Crippen molar-refractivity contribution in [3.63, 3.8) is 0 Å². The predicted molar refractivity (Wildman–Crippen MR) is 49.5 cm³/mol. The summed E-state index contributed by atoms with van der Waals surface area (Å²) in [5.74, 6) is 0. The average molecular weight is 154 g/mol. The molecule has 1 aliphatic rings. The highest BCUT2D eigenvalue weighted by molar-refractivity contribution is 4.65. The van der Waals surface area contributed by atoms with E-state index in [1.807, 2.05) is 0 Å². The second kappa shape index (κ2) is 5.59. The summed E-state index contributed by atoms with van der Waals surface area (Å²) in [4.78, 5) is 2.59. The molecule has 0 aromatic heterocycles. The fourth-order valence-corrected chi connectivity index (χ4v) is 1.70. The number of hydrogen-bond donors (Lipinski definition) is 0. The van der Waals surface area contributed by atoms with Crippen molar-refractivity contribution < 1.29 is 0 Å². The van der Waals surface area contributed by atoms with Crippen LogP contribution in [-0.4, -0.2) is 24.5 Å². The molecule has 0 aromatic rings. The van der Waals surface area contributed by atoms with Gasteiger partial charge in [0.2, 0.25) is 0 Å². The Morgan fingerprint density at radius 2 is 1.73 bits per heavy atom. The summed E-state index contributed by atoms with van der Waals surface area (Å²) < 4.78 is 0. The van der Waals surface area contributed by atoms with E-state index in [9.17, 15) is 0 Å². The lowest BCUT2D eigenvalue weighted by atomic mass is 10.2. The molecule has 0 amide bonds. The van der Waals surface area contributed by atoms with Gasteiger partial charge in [-0.1, -0.05) is 26.2 Å². The van der Waals surface area contributed by atoms with Gasteiger partial charge in [-0.15, -0.1) is 0 Å². The molecule has 1 heteroatoms. The minimum absolute atomic E-state index is 1.11. The summed E-state index contributed by atoms with van der Waals surface area (Å²) in [5.41, 5.74) is 0. The largest absolute Gasteiger partial charge is 0.303 e. The quantitative estimate of drug-likeness (QED) is 0.550. The lowest BCUT2D eigenvalue weighted by molar-refractivity contribution is 0.329. The van der Waals surface area contributed by atoms with Crippen LogP contribution in [0.4, 0.5) is 0 Å². The van der Waals surface area contributed by atoms with Gasteiger partial charge in [0.25, 0.3) is 0 Å². The highest BCUT2D eigenvalue weighted by Gasteiger charge is 2.09. The number of likely N-dealkylation sites (tertiary alicyclic amines) is 1. The predicted octanol–water partition coefficient (Wildman–Crippen LogP) is 2.48. The Morgan fingerprint density at radius 3 is 2.36 bits per heavy atom. The van der Waals surface area contributed by atoms with Gasteiger partial charge in [-0.05, 0) is 38.9 Å². The van der Waals surface area contributed by atoms with Gasteiger partial charge in [0, 0.05) is 0 Å². The van der Waals surface area contributed by atoms with Crippen LogP contribution in [0.15, 0.2) is 0 Å². The van der Waals surface area contributed by atoms with Gasteiger partial charge in [-0.2, -0.15) is 0 Å². The molecular weight excluding hydrogens is 134 g/mol. The van der Waals surface area contributed by atoms with Crippen molar-refractivity contribution in [2.75, 3.05) is 19.6 Å². The van der Waals surface area contributed by atoms with Crippen molar-refractivity contribution in [3.8, 4) is 0 Å². The summed E-state index contributed by atoms with van der Waals surface area (Å²) in [6.07, 6.45) is 8.04. The van der Waals surface area contributed by atoms with Gasteiger partial charge in [0.15, 0.2) is 0 Å². The summed E-state index contributed by atoms with van der Waals surface area (Å²) in [7, 11) is 0. The zero-order chi connectivity index (χ0) is 7.94. The molecule has 0 bridgehead atoms. The molecule has 1 aliphatic heterocycles. The molecule has 65 valence electrons. The zero-order valence-corrected chi connectivity index (χ0v) is 7.52. The number of unbranched alkanes of at least 4 members (excludes halogenated alkanes) is 3. The van der Waals surface area contributed by atoms with E-state index in [1.165, 1.54) is 51.7 Å². The van der Waals surface area contributed by atoms with E-state index >= 15 is 0 Å². The summed E-state index contributed by atoms with van der Waals surface area (Å²) in [6.45, 7) is 7.88. The van der Waals surface area contributed by atoms with E-state index in [0.29, 0.717) is 0 Å². The number of rotatable bonds is 5. The van der Waals surface area contributed by atoms with Crippen molar-refractivity contribution in [3.05, 3.63) is 6.92 Å². The minimum Gasteiger partial charge on any atom is -0.303 e. The topological polar surface area (TPSA) is 3.24 Å². The molecule has 1 nitrogen and oxygen atoms in total. The van der Waals surface area contributed by atoms with Crippen LogP contribution in [0.1, 0.15) is 38.5 Å². The molecule has 0 N–H and O–H groups in total.